The minimum Gasteiger partial charge on any atom is -0.297 e. The van der Waals surface area contributed by atoms with Crippen LogP contribution in [-0.2, 0) is 4.79 Å². The zero-order valence-electron chi connectivity index (χ0n) is 3.22. The first-order valence-corrected chi connectivity index (χ1v) is 3.03. The zero-order chi connectivity index (χ0) is 4.41. The van der Waals surface area contributed by atoms with E-state index in [-0.39, 0.29) is 9.13 Å². The lowest BCUT2D eigenvalue weighted by atomic mass is 10.6. The smallest absolute Gasteiger partial charge is 0.148 e. The van der Waals surface area contributed by atoms with Crippen molar-refractivity contribution in [2.75, 3.05) is 0 Å². The molecule has 0 radical (unpaired) electrons. The van der Waals surface area contributed by atoms with Gasteiger partial charge >= 0.3 is 0 Å². The van der Waals surface area contributed by atoms with Gasteiger partial charge in [-0.3, -0.25) is 4.79 Å². The van der Waals surface area contributed by atoms with E-state index in [0.717, 1.165) is 0 Å². The van der Waals surface area contributed by atoms with Crippen LogP contribution >= 0.6 is 0 Å². The van der Waals surface area contributed by atoms with Gasteiger partial charge in [0, 0.05) is 0 Å². The van der Waals surface area contributed by atoms with Crippen molar-refractivity contribution in [1.82, 2.24) is 0 Å². The summed E-state index contributed by atoms with van der Waals surface area (Å²) in [4.78, 5) is 10.2. The van der Waals surface area contributed by atoms with Crippen LogP contribution in [0, 0.1) is 0 Å². The van der Waals surface area contributed by atoms with Crippen molar-refractivity contribution in [3.05, 3.63) is 12.2 Å². The normalized spacial score (nSPS) is 17.0. The molecular weight excluding hydrogens is 92.1 g/mol. The average molecular weight is 96.2 g/mol. The summed E-state index contributed by atoms with van der Waals surface area (Å²) in [7, 11) is -0.000000000000000444. The summed E-state index contributed by atoms with van der Waals surface area (Å²) in [5.74, 6) is 0. The zero-order valence-corrected chi connectivity index (χ0v) is 4.37. The highest BCUT2D eigenvalue weighted by Gasteiger charge is 1.89. The van der Waals surface area contributed by atoms with Gasteiger partial charge in [-0.15, -0.1) is 0 Å². The quantitative estimate of drug-likeness (QED) is 0.365. The van der Waals surface area contributed by atoms with Gasteiger partial charge in [0.25, 0.3) is 0 Å². The molecule has 0 aliphatic carbocycles. The molecule has 1 heterocycles. The van der Waals surface area contributed by atoms with Gasteiger partial charge in [-0.25, -0.2) is 0 Å². The minimum atomic E-state index is -0.000000000000000444. The fraction of sp³-hybridized carbons (Fsp3) is 0. The number of carbonyl (C=O) groups excluding carboxylic acids is 1. The van der Waals surface area contributed by atoms with Crippen LogP contribution in [0.3, 0.4) is 0 Å². The van der Waals surface area contributed by atoms with Gasteiger partial charge < -0.3 is 0 Å². The molecule has 6 heavy (non-hydrogen) atoms. The van der Waals surface area contributed by atoms with E-state index in [0.29, 0.717) is 5.41 Å². The van der Waals surface area contributed by atoms with Crippen LogP contribution < -0.4 is 0 Å². The van der Waals surface area contributed by atoms with Crippen molar-refractivity contribution in [3.8, 4) is 0 Å². The molecule has 0 unspecified atom stereocenters. The molecule has 30 valence electrons. The van der Waals surface area contributed by atoms with Crippen LogP contribution in [0.15, 0.2) is 12.2 Å². The Bertz CT molecular complexity index is 110. The van der Waals surface area contributed by atoms with E-state index in [1.54, 1.807) is 6.08 Å². The highest BCUT2D eigenvalue weighted by atomic mass is 28.2. The topological polar surface area (TPSA) is 17.1 Å². The molecule has 1 rings (SSSR count). The Balaban J connectivity index is 2.86. The number of allylic oxidation sites excluding steroid dienone is 2. The fourth-order valence-electron chi connectivity index (χ4n) is 0.356. The van der Waals surface area contributed by atoms with Crippen LogP contribution in [0.5, 0.6) is 0 Å². The van der Waals surface area contributed by atoms with E-state index in [1.165, 1.54) is 0 Å². The Morgan fingerprint density at radius 1 is 1.67 bits per heavy atom. The average Bonchev–Trinajstić information content (AvgIpc) is 1.86. The van der Waals surface area contributed by atoms with Gasteiger partial charge in [-0.05, 0) is 6.08 Å². The summed E-state index contributed by atoms with van der Waals surface area (Å²) < 4.78 is 0. The van der Waals surface area contributed by atoms with Crippen molar-refractivity contribution < 1.29 is 4.79 Å². The van der Waals surface area contributed by atoms with Crippen molar-refractivity contribution in [3.63, 3.8) is 0 Å². The van der Waals surface area contributed by atoms with Gasteiger partial charge in [-0.1, -0.05) is 11.7 Å². The molecule has 0 atom stereocenters. The van der Waals surface area contributed by atoms with E-state index in [1.807, 2.05) is 11.7 Å². The Hall–Kier alpha value is -0.503. The van der Waals surface area contributed by atoms with Crippen molar-refractivity contribution >= 4 is 20.2 Å². The van der Waals surface area contributed by atoms with Crippen LogP contribution in [0.2, 0.25) is 0 Å². The second-order valence-electron chi connectivity index (χ2n) is 1.12. The Morgan fingerprint density at radius 2 is 2.50 bits per heavy atom. The molecule has 0 fully saturated rings. The summed E-state index contributed by atoms with van der Waals surface area (Å²) in [6.45, 7) is 0. The van der Waals surface area contributed by atoms with Gasteiger partial charge in [0.15, 0.2) is 0 Å². The molecule has 1 nitrogen and oxygen atoms in total. The molecule has 0 N–H and O–H groups in total. The molecule has 0 saturated heterocycles. The van der Waals surface area contributed by atoms with Crippen LogP contribution in [0.25, 0.3) is 0 Å². The minimum absolute atomic E-state index is 0.000000000000000444. The fourth-order valence-corrected chi connectivity index (χ4v) is 0.990. The maximum atomic E-state index is 10.2. The molecular formula is C4H4OSi. The van der Waals surface area contributed by atoms with E-state index < -0.39 is 0 Å². The molecule has 0 aromatic heterocycles. The maximum Gasteiger partial charge on any atom is 0.148 e. The van der Waals surface area contributed by atoms with Crippen LogP contribution in [-0.4, -0.2) is 20.2 Å². The van der Waals surface area contributed by atoms with E-state index >= 15 is 0 Å². The number of carbonyl (C=O) groups is 1. The Kier molecular flexibility index (Phi) is 0.799. The first kappa shape index (κ1) is 3.68. The second kappa shape index (κ2) is 1.30. The number of hydrogen-bond acceptors (Lipinski definition) is 1. The Labute approximate surface area is 38.1 Å². The third kappa shape index (κ3) is 0.516. The highest BCUT2D eigenvalue weighted by molar-refractivity contribution is 6.83. The molecule has 0 bridgehead atoms. The number of rotatable bonds is 0. The molecule has 0 aromatic rings. The lowest BCUT2D eigenvalue weighted by Crippen LogP contribution is -1.89. The van der Waals surface area contributed by atoms with Crippen LogP contribution in [0.1, 0.15) is 0 Å². The van der Waals surface area contributed by atoms with E-state index in [2.05, 4.69) is 0 Å². The highest BCUT2D eigenvalue weighted by Crippen LogP contribution is 1.74. The molecule has 1 aliphatic rings. The van der Waals surface area contributed by atoms with E-state index in [4.69, 9.17) is 0 Å². The van der Waals surface area contributed by atoms with Crippen molar-refractivity contribution in [1.29, 1.82) is 0 Å². The monoisotopic (exact) mass is 96.0 g/mol. The van der Waals surface area contributed by atoms with Gasteiger partial charge in [-0.2, -0.15) is 0 Å². The molecule has 0 aromatic carbocycles. The predicted molar refractivity (Wildman–Crippen MR) is 27.4 cm³/mol. The van der Waals surface area contributed by atoms with Crippen LogP contribution in [0.4, 0.5) is 0 Å². The lowest BCUT2D eigenvalue weighted by molar-refractivity contribution is -0.107. The van der Waals surface area contributed by atoms with Crippen molar-refractivity contribution in [2.45, 2.75) is 0 Å². The molecule has 0 saturated carbocycles. The van der Waals surface area contributed by atoms with Crippen molar-refractivity contribution in [2.24, 2.45) is 0 Å². The first-order valence-electron chi connectivity index (χ1n) is 1.78. The summed E-state index contributed by atoms with van der Waals surface area (Å²) in [5.41, 5.74) is 1.93. The predicted octanol–water partition coefficient (Wildman–Crippen LogP) is -0.679. The number of hydrogen-bond donors (Lipinski definition) is 0. The third-order valence-electron chi connectivity index (χ3n) is 0.632. The molecule has 1 aliphatic heterocycles. The summed E-state index contributed by atoms with van der Waals surface area (Å²) in [6, 6.07) is 0. The molecule has 0 amide bonds. The largest absolute Gasteiger partial charge is 0.297 e. The van der Waals surface area contributed by atoms with Gasteiger partial charge in [0.1, 0.15) is 5.41 Å². The first-order chi connectivity index (χ1) is 2.89. The second-order valence-corrected chi connectivity index (χ2v) is 2.41. The summed E-state index contributed by atoms with van der Waals surface area (Å²) in [5, 5.41) is 0.301. The maximum absolute atomic E-state index is 10.2. The van der Waals surface area contributed by atoms with Gasteiger partial charge in [0.05, 0.1) is 9.13 Å². The van der Waals surface area contributed by atoms with Gasteiger partial charge in [0.2, 0.25) is 0 Å². The van der Waals surface area contributed by atoms with E-state index in [9.17, 15) is 4.79 Å². The Morgan fingerprint density at radius 3 is 2.67 bits per heavy atom. The third-order valence-corrected chi connectivity index (χ3v) is 1.57. The summed E-state index contributed by atoms with van der Waals surface area (Å²) >= 11 is 0. The standard InChI is InChI=1S/C4H4OSi/c5-4-2-1-3-6-4/h1-3,6H. The molecule has 2 heteroatoms. The summed E-state index contributed by atoms with van der Waals surface area (Å²) in [6.07, 6.45) is 3.44. The lowest BCUT2D eigenvalue weighted by Gasteiger charge is -1.61. The SMILES string of the molecule is O=C1C=CC=[SiH]1. The molecule has 0 spiro atoms.